The van der Waals surface area contributed by atoms with Crippen LogP contribution in [0.5, 0.6) is 0 Å². The van der Waals surface area contributed by atoms with Crippen LogP contribution in [0.15, 0.2) is 11.2 Å². The number of nitrogens with two attached hydrogens (primary N) is 1. The van der Waals surface area contributed by atoms with Crippen molar-refractivity contribution in [2.24, 2.45) is 5.14 Å². The summed E-state index contributed by atoms with van der Waals surface area (Å²) < 4.78 is 29.0. The van der Waals surface area contributed by atoms with Gasteiger partial charge in [0.2, 0.25) is 0 Å². The summed E-state index contributed by atoms with van der Waals surface area (Å²) in [5.41, 5.74) is 0. The van der Waals surface area contributed by atoms with Gasteiger partial charge in [-0.1, -0.05) is 13.8 Å². The van der Waals surface area contributed by atoms with Crippen LogP contribution in [-0.2, 0) is 21.3 Å². The first-order valence-electron chi connectivity index (χ1n) is 4.95. The molecule has 0 aliphatic heterocycles. The van der Waals surface area contributed by atoms with E-state index in [9.17, 15) is 8.42 Å². The normalized spacial score (nSPS) is 12.3. The van der Waals surface area contributed by atoms with Gasteiger partial charge in [-0.25, -0.2) is 18.5 Å². The third kappa shape index (κ3) is 3.03. The number of rotatable bonds is 5. The number of ether oxygens (including phenoxy) is 1. The van der Waals surface area contributed by atoms with Gasteiger partial charge in [-0.2, -0.15) is 0 Å². The van der Waals surface area contributed by atoms with E-state index >= 15 is 0 Å². The van der Waals surface area contributed by atoms with Crippen molar-refractivity contribution >= 4 is 10.0 Å². The number of methoxy groups -OCH3 is 1. The van der Waals surface area contributed by atoms with Gasteiger partial charge < -0.3 is 9.30 Å². The van der Waals surface area contributed by atoms with E-state index in [1.54, 1.807) is 11.7 Å². The largest absolute Gasteiger partial charge is 0.383 e. The average molecular weight is 247 g/mol. The van der Waals surface area contributed by atoms with Gasteiger partial charge in [-0.15, -0.1) is 0 Å². The van der Waals surface area contributed by atoms with Gasteiger partial charge in [0.15, 0.2) is 5.03 Å². The van der Waals surface area contributed by atoms with E-state index in [1.807, 2.05) is 13.8 Å². The van der Waals surface area contributed by atoms with Crippen LogP contribution < -0.4 is 5.14 Å². The molecule has 0 saturated carbocycles. The summed E-state index contributed by atoms with van der Waals surface area (Å²) in [5.74, 6) is 0.827. The van der Waals surface area contributed by atoms with E-state index in [0.29, 0.717) is 19.0 Å². The second kappa shape index (κ2) is 4.94. The lowest BCUT2D eigenvalue weighted by Crippen LogP contribution is -2.12. The number of hydrogen-bond acceptors (Lipinski definition) is 4. The monoisotopic (exact) mass is 247 g/mol. The molecule has 1 rings (SSSR count). The first-order chi connectivity index (χ1) is 7.36. The van der Waals surface area contributed by atoms with Gasteiger partial charge in [0, 0.05) is 25.8 Å². The molecule has 2 N–H and O–H groups in total. The van der Waals surface area contributed by atoms with E-state index in [4.69, 9.17) is 9.88 Å². The van der Waals surface area contributed by atoms with E-state index in [1.165, 1.54) is 6.20 Å². The molecular weight excluding hydrogens is 230 g/mol. The van der Waals surface area contributed by atoms with Gasteiger partial charge in [0.25, 0.3) is 10.0 Å². The lowest BCUT2D eigenvalue weighted by Gasteiger charge is -2.08. The number of nitrogens with zero attached hydrogens (tertiary/aromatic N) is 2. The van der Waals surface area contributed by atoms with E-state index < -0.39 is 10.0 Å². The molecule has 0 spiro atoms. The first kappa shape index (κ1) is 13.1. The molecule has 0 amide bonds. The van der Waals surface area contributed by atoms with Crippen LogP contribution in [0.3, 0.4) is 0 Å². The molecule has 0 unspecified atom stereocenters. The Bertz CT molecular complexity index is 451. The summed E-state index contributed by atoms with van der Waals surface area (Å²) in [5, 5.41) is 4.94. The maximum Gasteiger partial charge on any atom is 0.257 e. The fourth-order valence-electron chi connectivity index (χ4n) is 1.37. The maximum absolute atomic E-state index is 11.2. The number of hydrogen-bond donors (Lipinski definition) is 1. The highest BCUT2D eigenvalue weighted by Gasteiger charge is 2.17. The molecule has 7 heteroatoms. The van der Waals surface area contributed by atoms with Crippen molar-refractivity contribution in [3.8, 4) is 0 Å². The average Bonchev–Trinajstić information content (AvgIpc) is 2.57. The molecule has 0 radical (unpaired) electrons. The van der Waals surface area contributed by atoms with Gasteiger partial charge in [-0.3, -0.25) is 0 Å². The van der Waals surface area contributed by atoms with Crippen LogP contribution in [0.1, 0.15) is 25.6 Å². The molecule has 0 saturated heterocycles. The zero-order chi connectivity index (χ0) is 12.3. The zero-order valence-electron chi connectivity index (χ0n) is 9.67. The smallest absolute Gasteiger partial charge is 0.257 e. The van der Waals surface area contributed by atoms with E-state index in [-0.39, 0.29) is 10.9 Å². The van der Waals surface area contributed by atoms with Crippen LogP contribution in [0.25, 0.3) is 0 Å². The number of imidazole rings is 1. The Hall–Kier alpha value is -0.920. The lowest BCUT2D eigenvalue weighted by molar-refractivity contribution is 0.186. The topological polar surface area (TPSA) is 87.2 Å². The van der Waals surface area contributed by atoms with Gasteiger partial charge in [0.1, 0.15) is 5.82 Å². The summed E-state index contributed by atoms with van der Waals surface area (Å²) in [6.45, 7) is 4.95. The molecule has 0 aliphatic rings. The summed E-state index contributed by atoms with van der Waals surface area (Å²) >= 11 is 0. The Labute approximate surface area is 95.5 Å². The molecule has 0 aromatic carbocycles. The highest BCUT2D eigenvalue weighted by Crippen LogP contribution is 2.16. The zero-order valence-corrected chi connectivity index (χ0v) is 10.5. The fraction of sp³-hybridized carbons (Fsp3) is 0.667. The third-order valence-corrected chi connectivity index (χ3v) is 2.91. The molecule has 1 aromatic rings. The van der Waals surface area contributed by atoms with Crippen LogP contribution in [0, 0.1) is 0 Å². The predicted molar refractivity (Wildman–Crippen MR) is 59.6 cm³/mol. The summed E-state index contributed by atoms with van der Waals surface area (Å²) in [4.78, 5) is 4.03. The van der Waals surface area contributed by atoms with Crippen molar-refractivity contribution in [3.63, 3.8) is 0 Å². The SMILES string of the molecule is COCCn1cc(S(N)(=O)=O)nc1C(C)C. The second-order valence-corrected chi connectivity index (χ2v) is 5.33. The van der Waals surface area contributed by atoms with Crippen LogP contribution >= 0.6 is 0 Å². The Morgan fingerprint density at radius 3 is 2.62 bits per heavy atom. The molecule has 1 heterocycles. The van der Waals surface area contributed by atoms with Crippen LogP contribution in [0.2, 0.25) is 0 Å². The Balaban J connectivity index is 3.10. The Morgan fingerprint density at radius 2 is 2.19 bits per heavy atom. The van der Waals surface area contributed by atoms with E-state index in [0.717, 1.165) is 0 Å². The van der Waals surface area contributed by atoms with Gasteiger partial charge in [-0.05, 0) is 0 Å². The minimum atomic E-state index is -3.74. The van der Waals surface area contributed by atoms with Crippen molar-refractivity contribution in [3.05, 3.63) is 12.0 Å². The highest BCUT2D eigenvalue weighted by molar-refractivity contribution is 7.89. The van der Waals surface area contributed by atoms with Crippen molar-refractivity contribution in [2.45, 2.75) is 31.3 Å². The molecular formula is C9H17N3O3S. The molecule has 92 valence electrons. The minimum absolute atomic E-state index is 0.0905. The summed E-state index contributed by atoms with van der Waals surface area (Å²) in [7, 11) is -2.15. The number of sulfonamides is 1. The quantitative estimate of drug-likeness (QED) is 0.810. The third-order valence-electron chi connectivity index (χ3n) is 2.13. The molecule has 0 bridgehead atoms. The van der Waals surface area contributed by atoms with Gasteiger partial charge in [0.05, 0.1) is 6.61 Å². The summed E-state index contributed by atoms with van der Waals surface area (Å²) in [6.07, 6.45) is 1.45. The standard InChI is InChI=1S/C9H17N3O3S/c1-7(2)9-11-8(16(10,13)14)6-12(9)4-5-15-3/h6-7H,4-5H2,1-3H3,(H2,10,13,14). The fourth-order valence-corrected chi connectivity index (χ4v) is 1.87. The predicted octanol–water partition coefficient (Wildman–Crippen LogP) is 0.300. The molecule has 0 atom stereocenters. The van der Waals surface area contributed by atoms with Crippen molar-refractivity contribution < 1.29 is 13.2 Å². The molecule has 0 aliphatic carbocycles. The van der Waals surface area contributed by atoms with Crippen molar-refractivity contribution in [1.29, 1.82) is 0 Å². The van der Waals surface area contributed by atoms with Crippen LogP contribution in [-0.4, -0.2) is 31.7 Å². The maximum atomic E-state index is 11.2. The molecule has 6 nitrogen and oxygen atoms in total. The van der Waals surface area contributed by atoms with Gasteiger partial charge >= 0.3 is 0 Å². The Kier molecular flexibility index (Phi) is 4.06. The lowest BCUT2D eigenvalue weighted by atomic mass is 10.2. The first-order valence-corrected chi connectivity index (χ1v) is 6.49. The van der Waals surface area contributed by atoms with Crippen molar-refractivity contribution in [1.82, 2.24) is 9.55 Å². The molecule has 1 aromatic heterocycles. The van der Waals surface area contributed by atoms with Crippen LogP contribution in [0.4, 0.5) is 0 Å². The molecule has 16 heavy (non-hydrogen) atoms. The van der Waals surface area contributed by atoms with E-state index in [2.05, 4.69) is 4.98 Å². The second-order valence-electron chi connectivity index (χ2n) is 3.82. The summed E-state index contributed by atoms with van der Waals surface area (Å²) in [6, 6.07) is 0. The number of aromatic nitrogens is 2. The number of primary sulfonamides is 1. The van der Waals surface area contributed by atoms with Crippen molar-refractivity contribution in [2.75, 3.05) is 13.7 Å². The molecule has 0 fully saturated rings. The Morgan fingerprint density at radius 1 is 1.56 bits per heavy atom. The minimum Gasteiger partial charge on any atom is -0.383 e. The highest BCUT2D eigenvalue weighted by atomic mass is 32.2.